The fourth-order valence-corrected chi connectivity index (χ4v) is 3.39. The van der Waals surface area contributed by atoms with Crippen LogP contribution < -0.4 is 10.2 Å². The molecule has 0 atom stereocenters. The van der Waals surface area contributed by atoms with Gasteiger partial charge in [-0.25, -0.2) is 0 Å². The zero-order valence-corrected chi connectivity index (χ0v) is 11.1. The van der Waals surface area contributed by atoms with Gasteiger partial charge in [0.1, 0.15) is 0 Å². The van der Waals surface area contributed by atoms with Crippen molar-refractivity contribution in [2.75, 3.05) is 18.0 Å². The first kappa shape index (κ1) is 11.7. The largest absolute Gasteiger partial charge is 0.317 e. The molecule has 1 spiro atoms. The monoisotopic (exact) mass is 244 g/mol. The van der Waals surface area contributed by atoms with Gasteiger partial charge in [-0.1, -0.05) is 18.2 Å². The molecule has 1 fully saturated rings. The van der Waals surface area contributed by atoms with E-state index in [1.54, 1.807) is 0 Å². The van der Waals surface area contributed by atoms with Gasteiger partial charge < -0.3 is 10.2 Å². The molecule has 1 N–H and O–H groups in total. The number of amides is 1. The van der Waals surface area contributed by atoms with Crippen molar-refractivity contribution in [3.05, 3.63) is 29.8 Å². The molecule has 3 heteroatoms. The third kappa shape index (κ3) is 1.43. The van der Waals surface area contributed by atoms with Crippen LogP contribution in [0.5, 0.6) is 0 Å². The Morgan fingerprint density at radius 1 is 1.22 bits per heavy atom. The number of rotatable bonds is 1. The van der Waals surface area contributed by atoms with Gasteiger partial charge >= 0.3 is 0 Å². The van der Waals surface area contributed by atoms with Crippen LogP contribution >= 0.6 is 0 Å². The first-order valence-electron chi connectivity index (χ1n) is 6.81. The quantitative estimate of drug-likeness (QED) is 0.820. The summed E-state index contributed by atoms with van der Waals surface area (Å²) in [5.41, 5.74) is 2.11. The van der Waals surface area contributed by atoms with Crippen LogP contribution in [0, 0.1) is 0 Å². The lowest BCUT2D eigenvalue weighted by atomic mass is 9.74. The summed E-state index contributed by atoms with van der Waals surface area (Å²) in [6.07, 6.45) is 1.85. The fraction of sp³-hybridized carbons (Fsp3) is 0.533. The van der Waals surface area contributed by atoms with E-state index < -0.39 is 0 Å². The second kappa shape index (κ2) is 4.09. The third-order valence-electron chi connectivity index (χ3n) is 4.28. The van der Waals surface area contributed by atoms with Crippen molar-refractivity contribution in [1.82, 2.24) is 5.32 Å². The molecule has 0 bridgehead atoms. The molecule has 1 saturated heterocycles. The molecule has 1 aromatic carbocycles. The van der Waals surface area contributed by atoms with E-state index in [4.69, 9.17) is 0 Å². The maximum atomic E-state index is 12.9. The van der Waals surface area contributed by atoms with E-state index in [1.165, 1.54) is 5.56 Å². The van der Waals surface area contributed by atoms with Crippen LogP contribution in [0.15, 0.2) is 24.3 Å². The summed E-state index contributed by atoms with van der Waals surface area (Å²) in [6.45, 7) is 6.06. The molecule has 0 radical (unpaired) electrons. The minimum absolute atomic E-state index is 0.230. The summed E-state index contributed by atoms with van der Waals surface area (Å²) in [7, 11) is 0. The number of carbonyl (C=O) groups is 1. The van der Waals surface area contributed by atoms with Crippen molar-refractivity contribution in [1.29, 1.82) is 0 Å². The minimum Gasteiger partial charge on any atom is -0.317 e. The number of piperidine rings is 1. The molecule has 3 nitrogen and oxygen atoms in total. The van der Waals surface area contributed by atoms with Crippen molar-refractivity contribution in [3.8, 4) is 0 Å². The first-order valence-corrected chi connectivity index (χ1v) is 6.81. The van der Waals surface area contributed by atoms with Gasteiger partial charge in [0.25, 0.3) is 0 Å². The van der Waals surface area contributed by atoms with Gasteiger partial charge in [-0.05, 0) is 51.4 Å². The van der Waals surface area contributed by atoms with Crippen molar-refractivity contribution in [2.45, 2.75) is 38.1 Å². The number of para-hydroxylation sites is 1. The summed E-state index contributed by atoms with van der Waals surface area (Å²) in [6, 6.07) is 8.54. The molecular formula is C15H20N2O. The molecule has 2 aliphatic rings. The number of carbonyl (C=O) groups excluding carboxylic acids is 1. The SMILES string of the molecule is CC(C)N1C(=O)C2(CCNCC2)c2ccccc21. The normalized spacial score (nSPS) is 21.7. The lowest BCUT2D eigenvalue weighted by molar-refractivity contribution is -0.124. The van der Waals surface area contributed by atoms with Gasteiger partial charge in [-0.3, -0.25) is 4.79 Å². The van der Waals surface area contributed by atoms with Crippen molar-refractivity contribution < 1.29 is 4.79 Å². The highest BCUT2D eigenvalue weighted by Gasteiger charge is 2.51. The number of anilines is 1. The standard InChI is InChI=1S/C15H20N2O/c1-11(2)17-13-6-4-3-5-12(13)15(14(17)18)7-9-16-10-8-15/h3-6,11,16H,7-10H2,1-2H3. The number of hydrogen-bond acceptors (Lipinski definition) is 2. The summed E-state index contributed by atoms with van der Waals surface area (Å²) in [5.74, 6) is 0.306. The summed E-state index contributed by atoms with van der Waals surface area (Å²) >= 11 is 0. The van der Waals surface area contributed by atoms with Gasteiger partial charge in [0.2, 0.25) is 5.91 Å². The maximum Gasteiger partial charge on any atom is 0.238 e. The van der Waals surface area contributed by atoms with Crippen LogP contribution in [0.3, 0.4) is 0 Å². The highest BCUT2D eigenvalue weighted by molar-refractivity contribution is 6.08. The molecular weight excluding hydrogens is 224 g/mol. The topological polar surface area (TPSA) is 32.3 Å². The molecule has 1 amide bonds. The van der Waals surface area contributed by atoms with Crippen LogP contribution in [-0.2, 0) is 10.2 Å². The molecule has 0 unspecified atom stereocenters. The zero-order valence-electron chi connectivity index (χ0n) is 11.1. The van der Waals surface area contributed by atoms with E-state index in [0.717, 1.165) is 31.6 Å². The average molecular weight is 244 g/mol. The molecule has 0 aliphatic carbocycles. The Balaban J connectivity index is 2.14. The number of hydrogen-bond donors (Lipinski definition) is 1. The molecule has 2 aliphatic heterocycles. The predicted molar refractivity (Wildman–Crippen MR) is 72.8 cm³/mol. The molecule has 0 saturated carbocycles. The molecule has 0 aromatic heterocycles. The second-order valence-corrected chi connectivity index (χ2v) is 5.62. The van der Waals surface area contributed by atoms with Crippen LogP contribution in [-0.4, -0.2) is 25.0 Å². The Bertz CT molecular complexity index is 475. The van der Waals surface area contributed by atoms with E-state index in [0.29, 0.717) is 5.91 Å². The number of benzene rings is 1. The van der Waals surface area contributed by atoms with Crippen molar-refractivity contribution in [2.24, 2.45) is 0 Å². The smallest absolute Gasteiger partial charge is 0.238 e. The maximum absolute atomic E-state index is 12.9. The summed E-state index contributed by atoms with van der Waals surface area (Å²) < 4.78 is 0. The Kier molecular flexibility index (Phi) is 2.67. The van der Waals surface area contributed by atoms with E-state index in [1.807, 2.05) is 11.0 Å². The molecule has 1 aromatic rings. The van der Waals surface area contributed by atoms with Crippen LogP contribution in [0.1, 0.15) is 32.3 Å². The Labute approximate surface area is 108 Å². The van der Waals surface area contributed by atoms with Gasteiger partial charge in [0, 0.05) is 11.7 Å². The van der Waals surface area contributed by atoms with Gasteiger partial charge in [-0.2, -0.15) is 0 Å². The number of nitrogens with one attached hydrogen (secondary N) is 1. The fourth-order valence-electron chi connectivity index (χ4n) is 3.39. The van der Waals surface area contributed by atoms with Crippen LogP contribution in [0.4, 0.5) is 5.69 Å². The Morgan fingerprint density at radius 3 is 2.56 bits per heavy atom. The number of fused-ring (bicyclic) bond motifs is 2. The predicted octanol–water partition coefficient (Wildman–Crippen LogP) is 2.06. The number of nitrogens with zero attached hydrogens (tertiary/aromatic N) is 1. The minimum atomic E-state index is -0.258. The highest BCUT2D eigenvalue weighted by atomic mass is 16.2. The van der Waals surface area contributed by atoms with Gasteiger partial charge in [0.05, 0.1) is 5.41 Å². The highest BCUT2D eigenvalue weighted by Crippen LogP contribution is 2.47. The van der Waals surface area contributed by atoms with Crippen molar-refractivity contribution in [3.63, 3.8) is 0 Å². The van der Waals surface area contributed by atoms with E-state index in [9.17, 15) is 4.79 Å². The second-order valence-electron chi connectivity index (χ2n) is 5.62. The van der Waals surface area contributed by atoms with Crippen molar-refractivity contribution >= 4 is 11.6 Å². The van der Waals surface area contributed by atoms with E-state index >= 15 is 0 Å². The summed E-state index contributed by atoms with van der Waals surface area (Å²) in [4.78, 5) is 14.9. The average Bonchev–Trinajstić information content (AvgIpc) is 2.61. The van der Waals surface area contributed by atoms with Crippen LogP contribution in [0.2, 0.25) is 0 Å². The Morgan fingerprint density at radius 2 is 1.89 bits per heavy atom. The van der Waals surface area contributed by atoms with E-state index in [-0.39, 0.29) is 11.5 Å². The summed E-state index contributed by atoms with van der Waals surface area (Å²) in [5, 5.41) is 3.36. The lowest BCUT2D eigenvalue weighted by Gasteiger charge is -2.33. The third-order valence-corrected chi connectivity index (χ3v) is 4.28. The molecule has 3 rings (SSSR count). The van der Waals surface area contributed by atoms with Gasteiger partial charge in [-0.15, -0.1) is 0 Å². The first-order chi connectivity index (χ1) is 8.67. The molecule has 96 valence electrons. The lowest BCUT2D eigenvalue weighted by Crippen LogP contribution is -2.48. The van der Waals surface area contributed by atoms with E-state index in [2.05, 4.69) is 37.4 Å². The van der Waals surface area contributed by atoms with Crippen LogP contribution in [0.25, 0.3) is 0 Å². The zero-order chi connectivity index (χ0) is 12.8. The van der Waals surface area contributed by atoms with Gasteiger partial charge in [0.15, 0.2) is 0 Å². The molecule has 2 heterocycles. The molecule has 18 heavy (non-hydrogen) atoms. The Hall–Kier alpha value is -1.35.